The molecule has 1 aromatic carbocycles. The highest BCUT2D eigenvalue weighted by atomic mass is 32.2. The fraction of sp³-hybridized carbons (Fsp3) is 0.353. The number of nitrogens with one attached hydrogen (secondary N) is 1. The van der Waals surface area contributed by atoms with E-state index in [2.05, 4.69) is 10.4 Å². The predicted octanol–water partition coefficient (Wildman–Crippen LogP) is 1.22. The van der Waals surface area contributed by atoms with Crippen LogP contribution in [0, 0.1) is 13.8 Å². The molecule has 0 radical (unpaired) electrons. The Morgan fingerprint density at radius 3 is 2.40 bits per heavy atom. The van der Waals surface area contributed by atoms with E-state index in [1.165, 1.54) is 0 Å². The minimum absolute atomic E-state index is 0.0362. The third kappa shape index (κ3) is 4.76. The number of para-hydroxylation sites is 1. The average molecular weight is 363 g/mol. The molecule has 0 atom stereocenters. The van der Waals surface area contributed by atoms with Crippen LogP contribution in [-0.4, -0.2) is 48.4 Å². The molecule has 0 aliphatic heterocycles. The van der Waals surface area contributed by atoms with Gasteiger partial charge in [-0.25, -0.2) is 13.1 Å². The van der Waals surface area contributed by atoms with Gasteiger partial charge >= 0.3 is 0 Å². The molecule has 0 fully saturated rings. The molecule has 1 N–H and O–H groups in total. The van der Waals surface area contributed by atoms with Crippen molar-refractivity contribution in [1.29, 1.82) is 0 Å². The molecule has 0 aliphatic carbocycles. The maximum atomic E-state index is 12.4. The highest BCUT2D eigenvalue weighted by molar-refractivity contribution is 7.90. The standard InChI is InChI=1S/C17H21N3O4S/c1-12-15(13(2)20(19-12)14-8-5-4-6-9-14)16(21)17(22)18-10-7-11-25(3,23)24/h4-6,8-9H,7,10-11H2,1-3H3,(H,18,22). The number of hydrogen-bond donors (Lipinski definition) is 1. The molecule has 0 aliphatic rings. The van der Waals surface area contributed by atoms with Gasteiger partial charge in [-0.15, -0.1) is 0 Å². The first-order valence-corrected chi connectivity index (χ1v) is 9.88. The monoisotopic (exact) mass is 363 g/mol. The molecule has 8 heteroatoms. The van der Waals surface area contributed by atoms with Crippen molar-refractivity contribution in [1.82, 2.24) is 15.1 Å². The second kappa shape index (κ2) is 7.60. The molecule has 7 nitrogen and oxygen atoms in total. The number of nitrogens with zero attached hydrogens (tertiary/aromatic N) is 2. The lowest BCUT2D eigenvalue weighted by Crippen LogP contribution is -2.33. The number of amides is 1. The van der Waals surface area contributed by atoms with Gasteiger partial charge in [0.05, 0.1) is 28.4 Å². The second-order valence-electron chi connectivity index (χ2n) is 5.86. The van der Waals surface area contributed by atoms with E-state index in [9.17, 15) is 18.0 Å². The first-order valence-electron chi connectivity index (χ1n) is 7.82. The first kappa shape index (κ1) is 18.9. The molecule has 0 bridgehead atoms. The predicted molar refractivity (Wildman–Crippen MR) is 94.7 cm³/mol. The van der Waals surface area contributed by atoms with Gasteiger partial charge in [0, 0.05) is 12.8 Å². The molecule has 1 heterocycles. The highest BCUT2D eigenvalue weighted by Crippen LogP contribution is 2.18. The maximum absolute atomic E-state index is 12.4. The van der Waals surface area contributed by atoms with E-state index < -0.39 is 21.5 Å². The number of rotatable bonds is 7. The van der Waals surface area contributed by atoms with E-state index in [4.69, 9.17) is 0 Å². The Kier molecular flexibility index (Phi) is 5.73. The average Bonchev–Trinajstić information content (AvgIpc) is 2.85. The number of benzene rings is 1. The Bertz CT molecular complexity index is 886. The molecule has 0 saturated carbocycles. The van der Waals surface area contributed by atoms with Gasteiger partial charge in [0.1, 0.15) is 9.84 Å². The van der Waals surface area contributed by atoms with Crippen LogP contribution in [0.4, 0.5) is 0 Å². The molecule has 1 aromatic heterocycles. The van der Waals surface area contributed by atoms with Gasteiger partial charge in [-0.1, -0.05) is 18.2 Å². The smallest absolute Gasteiger partial charge is 0.292 e. The van der Waals surface area contributed by atoms with Gasteiger partial charge in [0.15, 0.2) is 0 Å². The number of hydrogen-bond acceptors (Lipinski definition) is 5. The summed E-state index contributed by atoms with van der Waals surface area (Å²) in [6.45, 7) is 3.54. The largest absolute Gasteiger partial charge is 0.349 e. The van der Waals surface area contributed by atoms with E-state index in [1.807, 2.05) is 30.3 Å². The van der Waals surface area contributed by atoms with E-state index in [1.54, 1.807) is 18.5 Å². The molecule has 2 aromatic rings. The van der Waals surface area contributed by atoms with Crippen molar-refractivity contribution in [2.75, 3.05) is 18.6 Å². The Hall–Kier alpha value is -2.48. The van der Waals surface area contributed by atoms with Crippen LogP contribution in [-0.2, 0) is 14.6 Å². The van der Waals surface area contributed by atoms with E-state index in [0.717, 1.165) is 11.9 Å². The minimum Gasteiger partial charge on any atom is -0.349 e. The molecule has 0 spiro atoms. The van der Waals surface area contributed by atoms with Gasteiger partial charge in [-0.2, -0.15) is 5.10 Å². The molecule has 0 unspecified atom stereocenters. The van der Waals surface area contributed by atoms with Gasteiger partial charge in [0.2, 0.25) is 0 Å². The summed E-state index contributed by atoms with van der Waals surface area (Å²) in [6, 6.07) is 9.33. The Morgan fingerprint density at radius 1 is 1.16 bits per heavy atom. The van der Waals surface area contributed by atoms with E-state index >= 15 is 0 Å². The lowest BCUT2D eigenvalue weighted by Gasteiger charge is -2.06. The number of carbonyl (C=O) groups excluding carboxylic acids is 2. The number of sulfone groups is 1. The summed E-state index contributed by atoms with van der Waals surface area (Å²) in [7, 11) is -3.08. The van der Waals surface area contributed by atoms with Crippen LogP contribution in [0.3, 0.4) is 0 Å². The summed E-state index contributed by atoms with van der Waals surface area (Å²) in [6.07, 6.45) is 1.39. The van der Waals surface area contributed by atoms with Crippen molar-refractivity contribution in [3.05, 3.63) is 47.3 Å². The van der Waals surface area contributed by atoms with Crippen molar-refractivity contribution in [2.24, 2.45) is 0 Å². The summed E-state index contributed by atoms with van der Waals surface area (Å²) in [4.78, 5) is 24.5. The van der Waals surface area contributed by atoms with Crippen molar-refractivity contribution in [2.45, 2.75) is 20.3 Å². The van der Waals surface area contributed by atoms with Gasteiger partial charge in [-0.05, 0) is 32.4 Å². The summed E-state index contributed by atoms with van der Waals surface area (Å²) in [5.74, 6) is -1.46. The van der Waals surface area contributed by atoms with Crippen molar-refractivity contribution >= 4 is 21.5 Å². The molecule has 2 rings (SSSR count). The number of Topliss-reactive ketones (excluding diaryl/α,β-unsaturated/α-hetero) is 1. The lowest BCUT2D eigenvalue weighted by molar-refractivity contribution is -0.117. The first-order chi connectivity index (χ1) is 11.7. The van der Waals surface area contributed by atoms with Crippen LogP contribution >= 0.6 is 0 Å². The van der Waals surface area contributed by atoms with Gasteiger partial charge in [-0.3, -0.25) is 9.59 Å². The molecular weight excluding hydrogens is 342 g/mol. The molecule has 25 heavy (non-hydrogen) atoms. The lowest BCUT2D eigenvalue weighted by atomic mass is 10.1. The zero-order chi connectivity index (χ0) is 18.6. The van der Waals surface area contributed by atoms with Gasteiger partial charge in [0.25, 0.3) is 11.7 Å². The van der Waals surface area contributed by atoms with E-state index in [-0.39, 0.29) is 24.3 Å². The maximum Gasteiger partial charge on any atom is 0.292 e. The summed E-state index contributed by atoms with van der Waals surface area (Å²) < 4.78 is 23.8. The van der Waals surface area contributed by atoms with Crippen LogP contribution in [0.15, 0.2) is 30.3 Å². The van der Waals surface area contributed by atoms with Crippen molar-refractivity contribution in [3.63, 3.8) is 0 Å². The topological polar surface area (TPSA) is 98.1 Å². The van der Waals surface area contributed by atoms with Crippen LogP contribution in [0.1, 0.15) is 28.2 Å². The zero-order valence-corrected chi connectivity index (χ0v) is 15.3. The van der Waals surface area contributed by atoms with Crippen molar-refractivity contribution < 1.29 is 18.0 Å². The number of ketones is 1. The van der Waals surface area contributed by atoms with Crippen LogP contribution in [0.5, 0.6) is 0 Å². The third-order valence-electron chi connectivity index (χ3n) is 3.70. The van der Waals surface area contributed by atoms with Crippen molar-refractivity contribution in [3.8, 4) is 5.69 Å². The normalized spacial score (nSPS) is 11.3. The molecular formula is C17H21N3O4S. The Morgan fingerprint density at radius 2 is 1.80 bits per heavy atom. The Labute approximate surface area is 147 Å². The van der Waals surface area contributed by atoms with Crippen LogP contribution < -0.4 is 5.32 Å². The summed E-state index contributed by atoms with van der Waals surface area (Å²) >= 11 is 0. The van der Waals surface area contributed by atoms with Crippen LogP contribution in [0.25, 0.3) is 5.69 Å². The zero-order valence-electron chi connectivity index (χ0n) is 14.4. The van der Waals surface area contributed by atoms with Gasteiger partial charge < -0.3 is 5.32 Å². The molecule has 134 valence electrons. The van der Waals surface area contributed by atoms with E-state index in [0.29, 0.717) is 11.4 Å². The Balaban J connectivity index is 2.12. The number of carbonyl (C=O) groups is 2. The third-order valence-corrected chi connectivity index (χ3v) is 4.73. The number of aryl methyl sites for hydroxylation is 1. The summed E-state index contributed by atoms with van der Waals surface area (Å²) in [5, 5.41) is 6.82. The minimum atomic E-state index is -3.08. The fourth-order valence-electron chi connectivity index (χ4n) is 2.52. The summed E-state index contributed by atoms with van der Waals surface area (Å²) in [5.41, 5.74) is 2.12. The fourth-order valence-corrected chi connectivity index (χ4v) is 3.19. The quantitative estimate of drug-likeness (QED) is 0.453. The van der Waals surface area contributed by atoms with Crippen LogP contribution in [0.2, 0.25) is 0 Å². The molecule has 0 saturated heterocycles. The second-order valence-corrected chi connectivity index (χ2v) is 8.12. The highest BCUT2D eigenvalue weighted by Gasteiger charge is 2.24. The SMILES string of the molecule is Cc1nn(-c2ccccc2)c(C)c1C(=O)C(=O)NCCCS(C)(=O)=O. The molecule has 1 amide bonds. The number of aromatic nitrogens is 2.